The van der Waals surface area contributed by atoms with E-state index in [1.165, 1.54) is 24.3 Å². The van der Waals surface area contributed by atoms with E-state index in [-0.39, 0.29) is 27.5 Å². The number of benzene rings is 3. The van der Waals surface area contributed by atoms with Crippen LogP contribution in [0.4, 0.5) is 0 Å². The van der Waals surface area contributed by atoms with E-state index in [1.54, 1.807) is 48.5 Å². The molecule has 0 unspecified atom stereocenters. The summed E-state index contributed by atoms with van der Waals surface area (Å²) in [6.07, 6.45) is 0. The van der Waals surface area contributed by atoms with Crippen molar-refractivity contribution in [1.29, 1.82) is 0 Å². The molecule has 0 saturated heterocycles. The Kier molecular flexibility index (Phi) is 6.24. The zero-order valence-corrected chi connectivity index (χ0v) is 16.0. The van der Waals surface area contributed by atoms with Gasteiger partial charge in [0.05, 0.1) is 10.6 Å². The van der Waals surface area contributed by atoms with Gasteiger partial charge in [-0.2, -0.15) is 0 Å². The van der Waals surface area contributed by atoms with Crippen LogP contribution in [0, 0.1) is 0 Å². The van der Waals surface area contributed by atoms with Crippen molar-refractivity contribution in [1.82, 2.24) is 0 Å². The summed E-state index contributed by atoms with van der Waals surface area (Å²) in [5.41, 5.74) is 0.946. The highest BCUT2D eigenvalue weighted by molar-refractivity contribution is 6.36. The van der Waals surface area contributed by atoms with Gasteiger partial charge in [0.25, 0.3) is 0 Å². The Balaban J connectivity index is 1.76. The highest BCUT2D eigenvalue weighted by atomic mass is 35.5. The zero-order valence-electron chi connectivity index (χ0n) is 14.5. The molecule has 3 rings (SSSR count). The molecule has 3 aromatic rings. The van der Waals surface area contributed by atoms with Crippen LogP contribution in [-0.2, 0) is 4.74 Å². The van der Waals surface area contributed by atoms with Gasteiger partial charge in [0.1, 0.15) is 0 Å². The largest absolute Gasteiger partial charge is 0.454 e. The second kappa shape index (κ2) is 8.83. The van der Waals surface area contributed by atoms with Gasteiger partial charge < -0.3 is 4.74 Å². The van der Waals surface area contributed by atoms with Crippen LogP contribution in [-0.4, -0.2) is 24.1 Å². The molecule has 0 saturated carbocycles. The first-order valence-electron chi connectivity index (χ1n) is 8.31. The van der Waals surface area contributed by atoms with E-state index in [9.17, 15) is 14.4 Å². The first-order valence-corrected chi connectivity index (χ1v) is 9.07. The fourth-order valence-corrected chi connectivity index (χ4v) is 3.12. The summed E-state index contributed by atoms with van der Waals surface area (Å²) >= 11 is 11.8. The molecule has 0 fully saturated rings. The number of ketones is 2. The van der Waals surface area contributed by atoms with E-state index in [2.05, 4.69) is 0 Å². The lowest BCUT2D eigenvalue weighted by atomic mass is 9.98. The van der Waals surface area contributed by atoms with E-state index in [0.29, 0.717) is 10.6 Å². The molecule has 0 radical (unpaired) electrons. The topological polar surface area (TPSA) is 60.4 Å². The van der Waals surface area contributed by atoms with Gasteiger partial charge in [-0.1, -0.05) is 71.7 Å². The molecule has 3 aromatic carbocycles. The molecular weight excluding hydrogens is 399 g/mol. The molecule has 6 heteroatoms. The number of rotatable bonds is 6. The summed E-state index contributed by atoms with van der Waals surface area (Å²) in [7, 11) is 0. The second-order valence-corrected chi connectivity index (χ2v) is 6.71. The number of hydrogen-bond acceptors (Lipinski definition) is 4. The number of ether oxygens (including phenoxy) is 1. The lowest BCUT2D eigenvalue weighted by molar-refractivity contribution is 0.0473. The summed E-state index contributed by atoms with van der Waals surface area (Å²) < 4.78 is 5.12. The maximum absolute atomic E-state index is 12.7. The smallest absolute Gasteiger partial charge is 0.339 e. The second-order valence-electron chi connectivity index (χ2n) is 5.86. The van der Waals surface area contributed by atoms with Crippen LogP contribution in [0.2, 0.25) is 10.0 Å². The molecule has 0 amide bonds. The normalized spacial score (nSPS) is 10.4. The summed E-state index contributed by atoms with van der Waals surface area (Å²) in [4.78, 5) is 37.5. The molecule has 0 aliphatic heterocycles. The fraction of sp³-hybridized carbons (Fsp3) is 0.0455. The van der Waals surface area contributed by atoms with Gasteiger partial charge >= 0.3 is 5.97 Å². The summed E-state index contributed by atoms with van der Waals surface area (Å²) in [5.74, 6) is -1.54. The van der Waals surface area contributed by atoms with Gasteiger partial charge in [-0.15, -0.1) is 0 Å². The number of halogens is 2. The van der Waals surface area contributed by atoms with Gasteiger partial charge in [0.2, 0.25) is 5.78 Å². The maximum Gasteiger partial charge on any atom is 0.339 e. The van der Waals surface area contributed by atoms with Crippen molar-refractivity contribution in [3.8, 4) is 0 Å². The Morgan fingerprint density at radius 3 is 2.07 bits per heavy atom. The molecule has 140 valence electrons. The summed E-state index contributed by atoms with van der Waals surface area (Å²) in [6.45, 7) is -0.506. The fourth-order valence-electron chi connectivity index (χ4n) is 2.61. The molecular formula is C22H14Cl2O4. The molecule has 0 aromatic heterocycles. The first-order chi connectivity index (χ1) is 13.5. The van der Waals surface area contributed by atoms with E-state index in [1.807, 2.05) is 0 Å². The molecule has 0 heterocycles. The molecule has 4 nitrogen and oxygen atoms in total. The molecule has 0 aliphatic rings. The minimum Gasteiger partial charge on any atom is -0.454 e. The Morgan fingerprint density at radius 2 is 1.39 bits per heavy atom. The Morgan fingerprint density at radius 1 is 0.750 bits per heavy atom. The average molecular weight is 413 g/mol. The van der Waals surface area contributed by atoms with Gasteiger partial charge in [-0.3, -0.25) is 9.59 Å². The van der Waals surface area contributed by atoms with Crippen LogP contribution in [0.1, 0.15) is 36.6 Å². The van der Waals surface area contributed by atoms with Gasteiger partial charge in [0.15, 0.2) is 12.4 Å². The van der Waals surface area contributed by atoms with Crippen LogP contribution in [0.25, 0.3) is 0 Å². The third-order valence-electron chi connectivity index (χ3n) is 3.99. The van der Waals surface area contributed by atoms with E-state index in [4.69, 9.17) is 27.9 Å². The van der Waals surface area contributed by atoms with E-state index >= 15 is 0 Å². The lowest BCUT2D eigenvalue weighted by Gasteiger charge is -2.09. The number of carbonyl (C=O) groups is 3. The van der Waals surface area contributed by atoms with Crippen molar-refractivity contribution < 1.29 is 19.1 Å². The Labute approximate surface area is 171 Å². The monoisotopic (exact) mass is 412 g/mol. The zero-order chi connectivity index (χ0) is 20.1. The highest BCUT2D eigenvalue weighted by Crippen LogP contribution is 2.22. The number of hydrogen-bond donors (Lipinski definition) is 0. The van der Waals surface area contributed by atoms with E-state index in [0.717, 1.165) is 0 Å². The molecule has 0 N–H and O–H groups in total. The van der Waals surface area contributed by atoms with Crippen molar-refractivity contribution in [2.45, 2.75) is 0 Å². The standard InChI is InChI=1S/C22H14Cl2O4/c23-15-10-11-18(19(24)12-15)20(25)13-28-22(27)17-9-5-4-8-16(17)21(26)14-6-2-1-3-7-14/h1-12H,13H2. The van der Waals surface area contributed by atoms with E-state index < -0.39 is 18.4 Å². The predicted octanol–water partition coefficient (Wildman–Crippen LogP) is 5.26. The van der Waals surface area contributed by atoms with Crippen molar-refractivity contribution in [3.05, 3.63) is 105 Å². The first kappa shape index (κ1) is 19.8. The number of esters is 1. The quantitative estimate of drug-likeness (QED) is 0.408. The molecule has 0 aliphatic carbocycles. The van der Waals surface area contributed by atoms with Gasteiger partial charge in [-0.05, 0) is 24.3 Å². The minimum absolute atomic E-state index is 0.0892. The van der Waals surface area contributed by atoms with Crippen molar-refractivity contribution in [3.63, 3.8) is 0 Å². The highest BCUT2D eigenvalue weighted by Gasteiger charge is 2.20. The third kappa shape index (κ3) is 4.47. The summed E-state index contributed by atoms with van der Waals surface area (Å²) in [6, 6.07) is 19.3. The van der Waals surface area contributed by atoms with Crippen LogP contribution < -0.4 is 0 Å². The molecule has 28 heavy (non-hydrogen) atoms. The Bertz CT molecular complexity index is 1050. The number of carbonyl (C=O) groups excluding carboxylic acids is 3. The maximum atomic E-state index is 12.7. The molecule has 0 spiro atoms. The minimum atomic E-state index is -0.765. The molecule has 0 bridgehead atoms. The van der Waals surface area contributed by atoms with Crippen LogP contribution >= 0.6 is 23.2 Å². The van der Waals surface area contributed by atoms with Crippen LogP contribution in [0.3, 0.4) is 0 Å². The van der Waals surface area contributed by atoms with Crippen molar-refractivity contribution in [2.24, 2.45) is 0 Å². The lowest BCUT2D eigenvalue weighted by Crippen LogP contribution is -2.17. The van der Waals surface area contributed by atoms with Crippen LogP contribution in [0.5, 0.6) is 0 Å². The van der Waals surface area contributed by atoms with Crippen molar-refractivity contribution >= 4 is 40.7 Å². The predicted molar refractivity (Wildman–Crippen MR) is 107 cm³/mol. The van der Waals surface area contributed by atoms with Crippen LogP contribution in [0.15, 0.2) is 72.8 Å². The number of Topliss-reactive ketones (excluding diaryl/α,β-unsaturated/α-hetero) is 1. The Hall–Kier alpha value is -2.95. The SMILES string of the molecule is O=C(COC(=O)c1ccccc1C(=O)c1ccccc1)c1ccc(Cl)cc1Cl. The third-order valence-corrected chi connectivity index (χ3v) is 4.54. The van der Waals surface area contributed by atoms with Gasteiger partial charge in [0, 0.05) is 21.7 Å². The van der Waals surface area contributed by atoms with Crippen molar-refractivity contribution in [2.75, 3.05) is 6.61 Å². The van der Waals surface area contributed by atoms with Gasteiger partial charge in [-0.25, -0.2) is 4.79 Å². The molecule has 0 atom stereocenters. The average Bonchev–Trinajstić information content (AvgIpc) is 2.72. The summed E-state index contributed by atoms with van der Waals surface area (Å²) in [5, 5.41) is 0.570.